The number of amides is 1. The highest BCUT2D eigenvalue weighted by Gasteiger charge is 2.42. The van der Waals surface area contributed by atoms with E-state index >= 15 is 0 Å². The van der Waals surface area contributed by atoms with Crippen molar-refractivity contribution in [2.75, 3.05) is 26.7 Å². The Morgan fingerprint density at radius 1 is 1.61 bits per heavy atom. The molecule has 0 radical (unpaired) electrons. The summed E-state index contributed by atoms with van der Waals surface area (Å²) in [7, 11) is 1.81. The number of nitrogens with one attached hydrogen (secondary N) is 2. The second kappa shape index (κ2) is 7.78. The molecule has 128 valence electrons. The first-order valence-corrected chi connectivity index (χ1v) is 8.61. The largest absolute Gasteiger partial charge is 0.355 e. The lowest BCUT2D eigenvalue weighted by molar-refractivity contribution is -0.119. The molecule has 2 saturated heterocycles. The number of aromatic nitrogens is 1. The van der Waals surface area contributed by atoms with Gasteiger partial charge in [0.25, 0.3) is 0 Å². The predicted octanol–water partition coefficient (Wildman–Crippen LogP) is 1.75. The van der Waals surface area contributed by atoms with Gasteiger partial charge in [0, 0.05) is 49.6 Å². The van der Waals surface area contributed by atoms with Crippen molar-refractivity contribution in [3.05, 3.63) is 16.1 Å². The molecular formula is C15H24IN5OS. The van der Waals surface area contributed by atoms with Crippen LogP contribution in [0, 0.1) is 12.3 Å². The highest BCUT2D eigenvalue weighted by atomic mass is 127. The van der Waals surface area contributed by atoms with Crippen LogP contribution >= 0.6 is 35.3 Å². The normalized spacial score (nSPS) is 24.5. The molecular weight excluding hydrogens is 425 g/mol. The van der Waals surface area contributed by atoms with E-state index in [1.165, 1.54) is 0 Å². The number of aliphatic imine (C=N–C) groups is 1. The second-order valence-corrected chi connectivity index (χ2v) is 7.20. The van der Waals surface area contributed by atoms with Gasteiger partial charge in [0.15, 0.2) is 5.96 Å². The van der Waals surface area contributed by atoms with Gasteiger partial charge in [0.1, 0.15) is 5.01 Å². The molecule has 0 aromatic carbocycles. The lowest BCUT2D eigenvalue weighted by Crippen LogP contribution is -2.51. The molecule has 2 fully saturated rings. The Balaban J connectivity index is 0.00000192. The molecule has 1 atom stereocenters. The summed E-state index contributed by atoms with van der Waals surface area (Å²) >= 11 is 1.67. The van der Waals surface area contributed by atoms with Gasteiger partial charge in [-0.05, 0) is 19.8 Å². The number of guanidine groups is 1. The Morgan fingerprint density at radius 3 is 3.04 bits per heavy atom. The van der Waals surface area contributed by atoms with Crippen LogP contribution in [0.4, 0.5) is 0 Å². The van der Waals surface area contributed by atoms with Gasteiger partial charge in [-0.3, -0.25) is 9.79 Å². The Morgan fingerprint density at radius 2 is 2.43 bits per heavy atom. The number of carbonyl (C=O) groups excluding carboxylic acids is 1. The van der Waals surface area contributed by atoms with Crippen molar-refractivity contribution in [2.45, 2.75) is 32.7 Å². The topological polar surface area (TPSA) is 69.6 Å². The lowest BCUT2D eigenvalue weighted by Gasteiger charge is -2.40. The highest BCUT2D eigenvalue weighted by molar-refractivity contribution is 14.0. The maximum absolute atomic E-state index is 11.6. The van der Waals surface area contributed by atoms with Crippen molar-refractivity contribution < 1.29 is 4.79 Å². The third-order valence-electron chi connectivity index (χ3n) is 4.43. The summed E-state index contributed by atoms with van der Waals surface area (Å²) in [5, 5.41) is 9.52. The maximum atomic E-state index is 11.6. The molecule has 3 heterocycles. The summed E-state index contributed by atoms with van der Waals surface area (Å²) in [6.45, 7) is 5.39. The van der Waals surface area contributed by atoms with Gasteiger partial charge in [0.2, 0.25) is 5.91 Å². The standard InChI is InChI=1S/C15H23N5OS.HI/c1-11-8-22-13(19-11)7-17-14(16-2)20-5-3-4-15(10-20)6-12(21)18-9-15;/h8H,3-7,9-10H2,1-2H3,(H,16,17)(H,18,21);1H. The van der Waals surface area contributed by atoms with E-state index in [2.05, 4.69) is 30.9 Å². The first-order valence-electron chi connectivity index (χ1n) is 7.74. The van der Waals surface area contributed by atoms with E-state index < -0.39 is 0 Å². The first kappa shape index (κ1) is 18.4. The molecule has 1 spiro atoms. The number of hydrogen-bond acceptors (Lipinski definition) is 4. The van der Waals surface area contributed by atoms with Crippen molar-refractivity contribution in [3.8, 4) is 0 Å². The molecule has 1 amide bonds. The van der Waals surface area contributed by atoms with Crippen molar-refractivity contribution in [1.82, 2.24) is 20.5 Å². The molecule has 6 nitrogen and oxygen atoms in total. The average Bonchev–Trinajstić information content (AvgIpc) is 3.06. The minimum atomic E-state index is 0. The monoisotopic (exact) mass is 449 g/mol. The predicted molar refractivity (Wildman–Crippen MR) is 103 cm³/mol. The summed E-state index contributed by atoms with van der Waals surface area (Å²) < 4.78 is 0. The molecule has 1 unspecified atom stereocenters. The number of thiazole rings is 1. The minimum absolute atomic E-state index is 0. The van der Waals surface area contributed by atoms with E-state index in [1.807, 2.05) is 14.0 Å². The van der Waals surface area contributed by atoms with E-state index in [4.69, 9.17) is 0 Å². The van der Waals surface area contributed by atoms with Gasteiger partial charge in [-0.1, -0.05) is 0 Å². The third kappa shape index (κ3) is 4.34. The van der Waals surface area contributed by atoms with Crippen molar-refractivity contribution >= 4 is 47.2 Å². The Bertz CT molecular complexity index is 590. The maximum Gasteiger partial charge on any atom is 0.220 e. The summed E-state index contributed by atoms with van der Waals surface area (Å²) in [4.78, 5) is 22.8. The van der Waals surface area contributed by atoms with E-state index in [-0.39, 0.29) is 35.3 Å². The van der Waals surface area contributed by atoms with Crippen LogP contribution in [-0.4, -0.2) is 48.4 Å². The Labute approximate surface area is 158 Å². The van der Waals surface area contributed by atoms with E-state index in [9.17, 15) is 4.79 Å². The molecule has 2 aliphatic rings. The van der Waals surface area contributed by atoms with Crippen LogP contribution in [0.3, 0.4) is 0 Å². The molecule has 0 bridgehead atoms. The summed E-state index contributed by atoms with van der Waals surface area (Å²) in [6.07, 6.45) is 2.86. The number of hydrogen-bond donors (Lipinski definition) is 2. The van der Waals surface area contributed by atoms with Crippen LogP contribution < -0.4 is 10.6 Å². The summed E-state index contributed by atoms with van der Waals surface area (Å²) in [5.41, 5.74) is 1.15. The molecule has 3 rings (SSSR count). The van der Waals surface area contributed by atoms with Crippen LogP contribution in [0.25, 0.3) is 0 Å². The molecule has 2 N–H and O–H groups in total. The third-order valence-corrected chi connectivity index (χ3v) is 5.40. The minimum Gasteiger partial charge on any atom is -0.355 e. The van der Waals surface area contributed by atoms with Crippen molar-refractivity contribution in [1.29, 1.82) is 0 Å². The van der Waals surface area contributed by atoms with E-state index in [0.29, 0.717) is 13.0 Å². The number of rotatable bonds is 2. The Hall–Kier alpha value is -0.900. The number of carbonyl (C=O) groups is 1. The quantitative estimate of drug-likeness (QED) is 0.410. The fourth-order valence-corrected chi connectivity index (χ4v) is 4.11. The smallest absolute Gasteiger partial charge is 0.220 e. The zero-order valence-corrected chi connectivity index (χ0v) is 16.7. The zero-order chi connectivity index (χ0) is 15.6. The molecule has 1 aromatic rings. The number of aryl methyl sites for hydroxylation is 1. The fourth-order valence-electron chi connectivity index (χ4n) is 3.40. The number of likely N-dealkylation sites (tertiary alicyclic amines) is 1. The molecule has 8 heteroatoms. The first-order chi connectivity index (χ1) is 10.6. The van der Waals surface area contributed by atoms with Crippen LogP contribution in [0.15, 0.2) is 10.4 Å². The van der Waals surface area contributed by atoms with Gasteiger partial charge in [-0.15, -0.1) is 35.3 Å². The van der Waals surface area contributed by atoms with E-state index in [0.717, 1.165) is 49.1 Å². The second-order valence-electron chi connectivity index (χ2n) is 6.26. The van der Waals surface area contributed by atoms with Gasteiger partial charge in [-0.2, -0.15) is 0 Å². The zero-order valence-electron chi connectivity index (χ0n) is 13.6. The number of halogens is 1. The van der Waals surface area contributed by atoms with Crippen molar-refractivity contribution in [2.24, 2.45) is 10.4 Å². The van der Waals surface area contributed by atoms with Gasteiger partial charge >= 0.3 is 0 Å². The number of piperidine rings is 1. The molecule has 0 aliphatic carbocycles. The molecule has 0 saturated carbocycles. The van der Waals surface area contributed by atoms with E-state index in [1.54, 1.807) is 11.3 Å². The van der Waals surface area contributed by atoms with Crippen LogP contribution in [-0.2, 0) is 11.3 Å². The fraction of sp³-hybridized carbons (Fsp3) is 0.667. The molecule has 1 aromatic heterocycles. The summed E-state index contributed by atoms with van der Waals surface area (Å²) in [6, 6.07) is 0. The SMILES string of the molecule is CN=C(NCc1nc(C)cs1)N1CCCC2(CNC(=O)C2)C1.I. The number of nitrogens with zero attached hydrogens (tertiary/aromatic N) is 3. The summed E-state index contributed by atoms with van der Waals surface area (Å²) in [5.74, 6) is 1.09. The van der Waals surface area contributed by atoms with Crippen LogP contribution in [0.5, 0.6) is 0 Å². The average molecular weight is 449 g/mol. The van der Waals surface area contributed by atoms with Gasteiger partial charge in [-0.25, -0.2) is 4.98 Å². The van der Waals surface area contributed by atoms with Crippen molar-refractivity contribution in [3.63, 3.8) is 0 Å². The van der Waals surface area contributed by atoms with Crippen LogP contribution in [0.1, 0.15) is 30.0 Å². The highest BCUT2D eigenvalue weighted by Crippen LogP contribution is 2.35. The molecule has 23 heavy (non-hydrogen) atoms. The van der Waals surface area contributed by atoms with Crippen LogP contribution in [0.2, 0.25) is 0 Å². The molecule has 2 aliphatic heterocycles. The van der Waals surface area contributed by atoms with Gasteiger partial charge < -0.3 is 15.5 Å². The lowest BCUT2D eigenvalue weighted by atomic mass is 9.79. The Kier molecular flexibility index (Phi) is 6.24. The van der Waals surface area contributed by atoms with Gasteiger partial charge in [0.05, 0.1) is 6.54 Å².